The van der Waals surface area contributed by atoms with Crippen LogP contribution >= 0.6 is 0 Å². The molecule has 0 aliphatic rings. The first-order valence-corrected chi connectivity index (χ1v) is 2.40. The zero-order valence-corrected chi connectivity index (χ0v) is 4.78. The van der Waals surface area contributed by atoms with Gasteiger partial charge in [-0.1, -0.05) is 6.58 Å². The Kier molecular flexibility index (Phi) is 1.40. The second kappa shape index (κ2) is 2.21. The van der Waals surface area contributed by atoms with Crippen LogP contribution < -0.4 is 5.73 Å². The molecule has 2 N–H and O–H groups in total. The van der Waals surface area contributed by atoms with Gasteiger partial charge in [-0.3, -0.25) is 0 Å². The van der Waals surface area contributed by atoms with Crippen LogP contribution in [0.5, 0.6) is 0 Å². The summed E-state index contributed by atoms with van der Waals surface area (Å²) in [5.74, 6) is 0. The summed E-state index contributed by atoms with van der Waals surface area (Å²) in [5, 5.41) is 10.4. The molecular formula is C5H6N4. The maximum absolute atomic E-state index is 5.29. The highest BCUT2D eigenvalue weighted by atomic mass is 15.3. The van der Waals surface area contributed by atoms with Gasteiger partial charge in [-0.2, -0.15) is 0 Å². The molecule has 4 nitrogen and oxygen atoms in total. The predicted molar refractivity (Wildman–Crippen MR) is 33.0 cm³/mol. The molecular weight excluding hydrogens is 116 g/mol. The fourth-order valence-corrected chi connectivity index (χ4v) is 0.412. The van der Waals surface area contributed by atoms with Gasteiger partial charge in [0.2, 0.25) is 0 Å². The third-order valence-electron chi connectivity index (χ3n) is 0.832. The molecule has 0 fully saturated rings. The Morgan fingerprint density at radius 1 is 1.67 bits per heavy atom. The minimum Gasteiger partial charge on any atom is -0.397 e. The van der Waals surface area contributed by atoms with Crippen molar-refractivity contribution in [2.75, 3.05) is 0 Å². The summed E-state index contributed by atoms with van der Waals surface area (Å²) in [6.07, 6.45) is 1.51. The average Bonchev–Trinajstić information content (AvgIpc) is 1.90. The minimum atomic E-state index is 0.407. The molecule has 0 spiro atoms. The molecule has 9 heavy (non-hydrogen) atoms. The molecule has 1 aromatic rings. The van der Waals surface area contributed by atoms with Crippen LogP contribution in [0.25, 0.3) is 5.70 Å². The van der Waals surface area contributed by atoms with Crippen LogP contribution in [-0.2, 0) is 0 Å². The van der Waals surface area contributed by atoms with Crippen LogP contribution in [0.3, 0.4) is 0 Å². The SMILES string of the molecule is C=C(N)c1ccnnn1. The van der Waals surface area contributed by atoms with Crippen LogP contribution in [0.15, 0.2) is 18.8 Å². The highest BCUT2D eigenvalue weighted by Crippen LogP contribution is 1.95. The van der Waals surface area contributed by atoms with Crippen LogP contribution in [0.2, 0.25) is 0 Å². The van der Waals surface area contributed by atoms with Crippen molar-refractivity contribution < 1.29 is 0 Å². The Hall–Kier alpha value is -1.45. The van der Waals surface area contributed by atoms with Crippen molar-refractivity contribution in [3.8, 4) is 0 Å². The molecule has 0 unspecified atom stereocenters. The Bertz CT molecular complexity index is 205. The summed E-state index contributed by atoms with van der Waals surface area (Å²) in [4.78, 5) is 0. The van der Waals surface area contributed by atoms with E-state index in [1.165, 1.54) is 6.20 Å². The largest absolute Gasteiger partial charge is 0.397 e. The molecule has 0 bridgehead atoms. The molecule has 1 aromatic heterocycles. The Morgan fingerprint density at radius 2 is 2.44 bits per heavy atom. The fraction of sp³-hybridized carbons (Fsp3) is 0. The van der Waals surface area contributed by atoms with Gasteiger partial charge in [0.05, 0.1) is 11.9 Å². The second-order valence-corrected chi connectivity index (χ2v) is 1.53. The van der Waals surface area contributed by atoms with Gasteiger partial charge >= 0.3 is 0 Å². The lowest BCUT2D eigenvalue weighted by molar-refractivity contribution is 0.853. The Morgan fingerprint density at radius 3 is 2.78 bits per heavy atom. The maximum atomic E-state index is 5.29. The molecule has 46 valence electrons. The number of hydrogen-bond acceptors (Lipinski definition) is 4. The number of aromatic nitrogens is 3. The van der Waals surface area contributed by atoms with E-state index in [1.54, 1.807) is 6.07 Å². The summed E-state index contributed by atoms with van der Waals surface area (Å²) >= 11 is 0. The first-order chi connectivity index (χ1) is 4.30. The molecule has 0 aliphatic carbocycles. The smallest absolute Gasteiger partial charge is 0.111 e. The lowest BCUT2D eigenvalue weighted by Gasteiger charge is -1.91. The number of rotatable bonds is 1. The quantitative estimate of drug-likeness (QED) is 0.560. The number of nitrogens with two attached hydrogens (primary N) is 1. The molecule has 0 saturated carbocycles. The van der Waals surface area contributed by atoms with Crippen molar-refractivity contribution >= 4 is 5.70 Å². The monoisotopic (exact) mass is 122 g/mol. The summed E-state index contributed by atoms with van der Waals surface area (Å²) in [7, 11) is 0. The number of nitrogens with zero attached hydrogens (tertiary/aromatic N) is 3. The van der Waals surface area contributed by atoms with Gasteiger partial charge in [0, 0.05) is 0 Å². The van der Waals surface area contributed by atoms with Crippen LogP contribution in [-0.4, -0.2) is 15.4 Å². The van der Waals surface area contributed by atoms with Crippen molar-refractivity contribution in [2.24, 2.45) is 5.73 Å². The van der Waals surface area contributed by atoms with Crippen molar-refractivity contribution in [2.45, 2.75) is 0 Å². The zero-order valence-electron chi connectivity index (χ0n) is 4.78. The lowest BCUT2D eigenvalue weighted by atomic mass is 10.3. The summed E-state index contributed by atoms with van der Waals surface area (Å²) in [6, 6.07) is 1.65. The van der Waals surface area contributed by atoms with E-state index in [9.17, 15) is 0 Å². The molecule has 0 saturated heterocycles. The van der Waals surface area contributed by atoms with Gasteiger partial charge in [-0.05, 0) is 11.3 Å². The third-order valence-corrected chi connectivity index (χ3v) is 0.832. The molecule has 0 aliphatic heterocycles. The van der Waals surface area contributed by atoms with E-state index in [4.69, 9.17) is 5.73 Å². The van der Waals surface area contributed by atoms with Crippen molar-refractivity contribution in [1.82, 2.24) is 15.4 Å². The van der Waals surface area contributed by atoms with Gasteiger partial charge in [-0.15, -0.1) is 10.2 Å². The standard InChI is InChI=1S/C5H6N4/c1-4(6)5-2-3-7-9-8-5/h2-3H,1,6H2. The van der Waals surface area contributed by atoms with Crippen molar-refractivity contribution in [1.29, 1.82) is 0 Å². The van der Waals surface area contributed by atoms with Crippen molar-refractivity contribution in [3.63, 3.8) is 0 Å². The summed E-state index contributed by atoms with van der Waals surface area (Å²) in [5.41, 5.74) is 6.27. The van der Waals surface area contributed by atoms with Crippen LogP contribution in [0.4, 0.5) is 0 Å². The van der Waals surface area contributed by atoms with Gasteiger partial charge in [0.25, 0.3) is 0 Å². The first kappa shape index (κ1) is 5.68. The van der Waals surface area contributed by atoms with E-state index in [1.807, 2.05) is 0 Å². The topological polar surface area (TPSA) is 64.7 Å². The number of hydrogen-bond donors (Lipinski definition) is 1. The van der Waals surface area contributed by atoms with Gasteiger partial charge in [0.15, 0.2) is 0 Å². The molecule has 0 atom stereocenters. The van der Waals surface area contributed by atoms with E-state index >= 15 is 0 Å². The molecule has 4 heteroatoms. The van der Waals surface area contributed by atoms with Crippen LogP contribution in [0, 0.1) is 0 Å². The van der Waals surface area contributed by atoms with E-state index in [2.05, 4.69) is 22.0 Å². The molecule has 0 amide bonds. The highest BCUT2D eigenvalue weighted by Gasteiger charge is 1.91. The summed E-state index contributed by atoms with van der Waals surface area (Å²) in [6.45, 7) is 3.47. The fourth-order valence-electron chi connectivity index (χ4n) is 0.412. The van der Waals surface area contributed by atoms with Gasteiger partial charge in [-0.25, -0.2) is 0 Å². The Balaban J connectivity index is 2.98. The molecule has 0 aromatic carbocycles. The highest BCUT2D eigenvalue weighted by molar-refractivity contribution is 5.54. The van der Waals surface area contributed by atoms with E-state index < -0.39 is 0 Å². The predicted octanol–water partition coefficient (Wildman–Crippen LogP) is -0.199. The molecule has 1 heterocycles. The normalized spacial score (nSPS) is 8.89. The van der Waals surface area contributed by atoms with E-state index in [0.717, 1.165) is 0 Å². The summed E-state index contributed by atoms with van der Waals surface area (Å²) < 4.78 is 0. The lowest BCUT2D eigenvalue weighted by Crippen LogP contribution is -1.98. The van der Waals surface area contributed by atoms with Gasteiger partial charge < -0.3 is 5.73 Å². The maximum Gasteiger partial charge on any atom is 0.111 e. The minimum absolute atomic E-state index is 0.407. The third kappa shape index (κ3) is 1.22. The van der Waals surface area contributed by atoms with E-state index in [-0.39, 0.29) is 0 Å². The van der Waals surface area contributed by atoms with E-state index in [0.29, 0.717) is 11.4 Å². The molecule has 1 rings (SSSR count). The average molecular weight is 122 g/mol. The van der Waals surface area contributed by atoms with Crippen LogP contribution in [0.1, 0.15) is 5.69 Å². The molecule has 0 radical (unpaired) electrons. The van der Waals surface area contributed by atoms with Gasteiger partial charge in [0.1, 0.15) is 5.69 Å². The van der Waals surface area contributed by atoms with Crippen molar-refractivity contribution in [3.05, 3.63) is 24.5 Å². The zero-order chi connectivity index (χ0) is 6.69. The first-order valence-electron chi connectivity index (χ1n) is 2.40. The second-order valence-electron chi connectivity index (χ2n) is 1.53. The Labute approximate surface area is 52.4 Å².